The zero-order valence-electron chi connectivity index (χ0n) is 14.1. The summed E-state index contributed by atoms with van der Waals surface area (Å²) >= 11 is 3.58. The molecule has 0 aliphatic carbocycles. The van der Waals surface area contributed by atoms with E-state index in [2.05, 4.69) is 15.9 Å². The summed E-state index contributed by atoms with van der Waals surface area (Å²) in [5.74, 6) is 0.662. The summed E-state index contributed by atoms with van der Waals surface area (Å²) in [5.41, 5.74) is 3.27. The van der Waals surface area contributed by atoms with Gasteiger partial charge in [-0.3, -0.25) is 14.5 Å². The van der Waals surface area contributed by atoms with E-state index < -0.39 is 4.92 Å². The topological polar surface area (TPSA) is 69.7 Å². The number of nitrogens with zero attached hydrogens (tertiary/aromatic N) is 3. The number of non-ortho nitro benzene ring substituents is 1. The highest BCUT2D eigenvalue weighted by Crippen LogP contribution is 2.33. The second-order valence-corrected chi connectivity index (χ2v) is 6.65. The third-order valence-corrected chi connectivity index (χ3v) is 4.90. The Hall–Kier alpha value is -3.19. The lowest BCUT2D eigenvalue weighted by atomic mass is 10.1. The Morgan fingerprint density at radius 3 is 2.48 bits per heavy atom. The van der Waals surface area contributed by atoms with Gasteiger partial charge in [0.1, 0.15) is 16.9 Å². The number of rotatable bonds is 5. The van der Waals surface area contributed by atoms with Gasteiger partial charge in [0.2, 0.25) is 0 Å². The number of ether oxygens (including phenoxy) is 1. The third kappa shape index (κ3) is 3.41. The first-order chi connectivity index (χ1) is 13.1. The van der Waals surface area contributed by atoms with Crippen LogP contribution in [0.5, 0.6) is 5.75 Å². The average Bonchev–Trinajstić information content (AvgIpc) is 3.04. The van der Waals surface area contributed by atoms with Crippen LogP contribution in [-0.4, -0.2) is 14.3 Å². The van der Waals surface area contributed by atoms with Crippen LogP contribution in [0.3, 0.4) is 0 Å². The monoisotopic (exact) mass is 423 g/mol. The van der Waals surface area contributed by atoms with Crippen molar-refractivity contribution in [3.05, 3.63) is 93.2 Å². The highest BCUT2D eigenvalue weighted by molar-refractivity contribution is 9.10. The van der Waals surface area contributed by atoms with E-state index in [0.29, 0.717) is 23.7 Å². The molecule has 134 valence electrons. The number of benzene rings is 2. The molecule has 0 saturated carbocycles. The molecule has 4 rings (SSSR count). The molecule has 0 aliphatic rings. The molecule has 0 amide bonds. The van der Waals surface area contributed by atoms with Crippen molar-refractivity contribution in [3.63, 3.8) is 0 Å². The largest absolute Gasteiger partial charge is 0.485 e. The van der Waals surface area contributed by atoms with Crippen LogP contribution in [0.25, 0.3) is 16.9 Å². The molecule has 0 unspecified atom stereocenters. The molecule has 0 saturated heterocycles. The molecule has 0 spiro atoms. The minimum Gasteiger partial charge on any atom is -0.485 e. The van der Waals surface area contributed by atoms with Crippen molar-refractivity contribution in [3.8, 4) is 17.0 Å². The zero-order valence-corrected chi connectivity index (χ0v) is 15.7. The van der Waals surface area contributed by atoms with Gasteiger partial charge in [0.25, 0.3) is 5.69 Å². The predicted molar refractivity (Wildman–Crippen MR) is 106 cm³/mol. The Morgan fingerprint density at radius 1 is 1.04 bits per heavy atom. The minimum atomic E-state index is -0.419. The van der Waals surface area contributed by atoms with E-state index in [1.165, 1.54) is 12.1 Å². The van der Waals surface area contributed by atoms with Gasteiger partial charge in [0, 0.05) is 23.9 Å². The van der Waals surface area contributed by atoms with Gasteiger partial charge in [-0.05, 0) is 45.8 Å². The van der Waals surface area contributed by atoms with Gasteiger partial charge in [-0.1, -0.05) is 30.3 Å². The van der Waals surface area contributed by atoms with Crippen LogP contribution in [0.15, 0.2) is 77.5 Å². The number of hydrogen-bond donors (Lipinski definition) is 0. The van der Waals surface area contributed by atoms with E-state index in [1.54, 1.807) is 12.1 Å². The van der Waals surface area contributed by atoms with Crippen molar-refractivity contribution in [1.82, 2.24) is 9.38 Å². The maximum atomic E-state index is 10.9. The van der Waals surface area contributed by atoms with Gasteiger partial charge >= 0.3 is 0 Å². The fourth-order valence-corrected chi connectivity index (χ4v) is 3.39. The highest BCUT2D eigenvalue weighted by Gasteiger charge is 2.16. The van der Waals surface area contributed by atoms with E-state index in [-0.39, 0.29) is 5.69 Å². The van der Waals surface area contributed by atoms with Crippen molar-refractivity contribution >= 4 is 27.3 Å². The lowest BCUT2D eigenvalue weighted by Gasteiger charge is -2.07. The molecule has 4 aromatic rings. The van der Waals surface area contributed by atoms with Gasteiger partial charge in [-0.25, -0.2) is 4.98 Å². The first-order valence-corrected chi connectivity index (χ1v) is 9.01. The van der Waals surface area contributed by atoms with Crippen LogP contribution >= 0.6 is 15.9 Å². The number of nitro groups is 1. The normalized spacial score (nSPS) is 10.9. The molecule has 0 atom stereocenters. The predicted octanol–water partition coefficient (Wildman–Crippen LogP) is 5.25. The van der Waals surface area contributed by atoms with Gasteiger partial charge < -0.3 is 4.74 Å². The number of nitro benzene ring substituents is 1. The molecule has 2 aromatic heterocycles. The van der Waals surface area contributed by atoms with Crippen LogP contribution in [0.1, 0.15) is 5.56 Å². The van der Waals surface area contributed by atoms with Crippen LogP contribution < -0.4 is 4.74 Å². The first-order valence-electron chi connectivity index (χ1n) is 8.21. The van der Waals surface area contributed by atoms with Gasteiger partial charge in [0.15, 0.2) is 11.4 Å². The smallest absolute Gasteiger partial charge is 0.269 e. The summed E-state index contributed by atoms with van der Waals surface area (Å²) in [5, 5.41) is 10.9. The fourth-order valence-electron chi connectivity index (χ4n) is 2.79. The van der Waals surface area contributed by atoms with E-state index >= 15 is 0 Å². The summed E-state index contributed by atoms with van der Waals surface area (Å²) in [6.07, 6.45) is 1.89. The third-order valence-electron chi connectivity index (χ3n) is 4.14. The van der Waals surface area contributed by atoms with Crippen LogP contribution in [0, 0.1) is 10.1 Å². The summed E-state index contributed by atoms with van der Waals surface area (Å²) < 4.78 is 8.61. The Labute approximate surface area is 163 Å². The van der Waals surface area contributed by atoms with E-state index in [9.17, 15) is 10.1 Å². The Balaban J connectivity index is 1.69. The van der Waals surface area contributed by atoms with Gasteiger partial charge in [0.05, 0.1) is 4.92 Å². The number of aromatic nitrogens is 2. The lowest BCUT2D eigenvalue weighted by Crippen LogP contribution is -1.97. The van der Waals surface area contributed by atoms with Crippen LogP contribution in [-0.2, 0) is 6.61 Å². The number of imidazole rings is 1. The Kier molecular flexibility index (Phi) is 4.60. The standard InChI is InChI=1S/C20H14BrN3O3/c21-19-18(15-8-10-16(11-9-15)24(25)26)22-20-17(7-4-12-23(19)20)27-13-14-5-2-1-3-6-14/h1-12H,13H2. The molecule has 27 heavy (non-hydrogen) atoms. The second kappa shape index (κ2) is 7.20. The molecule has 0 bridgehead atoms. The van der Waals surface area contributed by atoms with Gasteiger partial charge in [-0.2, -0.15) is 0 Å². The average molecular weight is 424 g/mol. The molecule has 0 fully saturated rings. The molecule has 7 heteroatoms. The fraction of sp³-hybridized carbons (Fsp3) is 0.0500. The van der Waals surface area contributed by atoms with Crippen molar-refractivity contribution in [2.75, 3.05) is 0 Å². The summed E-state index contributed by atoms with van der Waals surface area (Å²) in [6, 6.07) is 20.0. The van der Waals surface area contributed by atoms with Crippen LogP contribution in [0.4, 0.5) is 5.69 Å². The SMILES string of the molecule is O=[N+]([O-])c1ccc(-c2nc3c(OCc4ccccc4)cccn3c2Br)cc1. The van der Waals surface area contributed by atoms with Crippen molar-refractivity contribution in [1.29, 1.82) is 0 Å². The molecule has 2 aromatic carbocycles. The lowest BCUT2D eigenvalue weighted by molar-refractivity contribution is -0.384. The molecule has 0 radical (unpaired) electrons. The Bertz CT molecular complexity index is 1110. The number of fused-ring (bicyclic) bond motifs is 1. The molecule has 0 N–H and O–H groups in total. The molecule has 2 heterocycles. The summed E-state index contributed by atoms with van der Waals surface area (Å²) in [4.78, 5) is 15.1. The Morgan fingerprint density at radius 2 is 1.78 bits per heavy atom. The van der Waals surface area contributed by atoms with E-state index in [0.717, 1.165) is 15.7 Å². The maximum Gasteiger partial charge on any atom is 0.269 e. The quantitative estimate of drug-likeness (QED) is 0.324. The molecule has 6 nitrogen and oxygen atoms in total. The summed E-state index contributed by atoms with van der Waals surface area (Å²) in [6.45, 7) is 0.442. The maximum absolute atomic E-state index is 10.9. The molecular weight excluding hydrogens is 410 g/mol. The van der Waals surface area contributed by atoms with Crippen molar-refractivity contribution in [2.24, 2.45) is 0 Å². The second-order valence-electron chi connectivity index (χ2n) is 5.90. The van der Waals surface area contributed by atoms with E-state index in [1.807, 2.05) is 53.1 Å². The highest BCUT2D eigenvalue weighted by atomic mass is 79.9. The number of halogens is 1. The van der Waals surface area contributed by atoms with Crippen molar-refractivity contribution in [2.45, 2.75) is 6.61 Å². The number of hydrogen-bond acceptors (Lipinski definition) is 4. The van der Waals surface area contributed by atoms with Crippen LogP contribution in [0.2, 0.25) is 0 Å². The minimum absolute atomic E-state index is 0.0468. The summed E-state index contributed by atoms with van der Waals surface area (Å²) in [7, 11) is 0. The van der Waals surface area contributed by atoms with Gasteiger partial charge in [-0.15, -0.1) is 0 Å². The molecule has 0 aliphatic heterocycles. The van der Waals surface area contributed by atoms with E-state index in [4.69, 9.17) is 9.72 Å². The number of pyridine rings is 1. The molecular formula is C20H14BrN3O3. The first kappa shape index (κ1) is 17.2. The van der Waals surface area contributed by atoms with Crippen molar-refractivity contribution < 1.29 is 9.66 Å². The zero-order chi connectivity index (χ0) is 18.8.